The third-order valence-corrected chi connectivity index (χ3v) is 2.76. The molecule has 0 fully saturated rings. The zero-order valence-electron chi connectivity index (χ0n) is 10.4. The van der Waals surface area contributed by atoms with Gasteiger partial charge >= 0.3 is 0 Å². The SMILES string of the molecule is CC(CCn1cccn1)Nc1cccc(C#N)c1. The summed E-state index contributed by atoms with van der Waals surface area (Å²) < 4.78 is 1.92. The lowest BCUT2D eigenvalue weighted by molar-refractivity contribution is 0.546. The standard InChI is InChI=1S/C14H16N4/c1-12(6-9-18-8-3-7-16-18)17-14-5-2-4-13(10-14)11-15/h2-5,7-8,10,12,17H,6,9H2,1H3. The zero-order chi connectivity index (χ0) is 12.8. The van der Waals surface area contributed by atoms with E-state index in [4.69, 9.17) is 5.26 Å². The lowest BCUT2D eigenvalue weighted by atomic mass is 10.2. The van der Waals surface area contributed by atoms with Crippen molar-refractivity contribution in [3.63, 3.8) is 0 Å². The second kappa shape index (κ2) is 5.87. The van der Waals surface area contributed by atoms with Crippen molar-refractivity contribution in [1.82, 2.24) is 9.78 Å². The predicted molar refractivity (Wildman–Crippen MR) is 71.1 cm³/mol. The summed E-state index contributed by atoms with van der Waals surface area (Å²) in [5.74, 6) is 0. The van der Waals surface area contributed by atoms with E-state index in [-0.39, 0.29) is 0 Å². The Hall–Kier alpha value is -2.28. The van der Waals surface area contributed by atoms with Crippen molar-refractivity contribution in [2.75, 3.05) is 5.32 Å². The molecule has 1 atom stereocenters. The van der Waals surface area contributed by atoms with Gasteiger partial charge in [-0.1, -0.05) is 6.07 Å². The quantitative estimate of drug-likeness (QED) is 0.874. The first-order valence-electron chi connectivity index (χ1n) is 6.02. The van der Waals surface area contributed by atoms with Gasteiger partial charge in [0.1, 0.15) is 0 Å². The van der Waals surface area contributed by atoms with Crippen LogP contribution in [-0.2, 0) is 6.54 Å². The van der Waals surface area contributed by atoms with Gasteiger partial charge in [-0.15, -0.1) is 0 Å². The molecule has 0 spiro atoms. The first kappa shape index (κ1) is 12.2. The Balaban J connectivity index is 1.87. The molecule has 0 bridgehead atoms. The lowest BCUT2D eigenvalue weighted by Crippen LogP contribution is -2.17. The van der Waals surface area contributed by atoms with Crippen LogP contribution in [0.3, 0.4) is 0 Å². The largest absolute Gasteiger partial charge is 0.382 e. The minimum Gasteiger partial charge on any atom is -0.382 e. The summed E-state index contributed by atoms with van der Waals surface area (Å²) in [4.78, 5) is 0. The van der Waals surface area contributed by atoms with Crippen LogP contribution in [0.5, 0.6) is 0 Å². The highest BCUT2D eigenvalue weighted by Gasteiger charge is 2.03. The van der Waals surface area contributed by atoms with E-state index in [0.29, 0.717) is 11.6 Å². The van der Waals surface area contributed by atoms with E-state index in [1.165, 1.54) is 0 Å². The average molecular weight is 240 g/mol. The molecule has 0 radical (unpaired) electrons. The van der Waals surface area contributed by atoms with Gasteiger partial charge < -0.3 is 5.32 Å². The Morgan fingerprint density at radius 3 is 3.06 bits per heavy atom. The molecule has 18 heavy (non-hydrogen) atoms. The molecular weight excluding hydrogens is 224 g/mol. The Morgan fingerprint density at radius 1 is 1.44 bits per heavy atom. The van der Waals surface area contributed by atoms with Crippen LogP contribution in [0.25, 0.3) is 0 Å². The average Bonchev–Trinajstić information content (AvgIpc) is 2.90. The molecule has 1 aromatic heterocycles. The summed E-state index contributed by atoms with van der Waals surface area (Å²) in [6.45, 7) is 3.02. The number of hydrogen-bond acceptors (Lipinski definition) is 3. The van der Waals surface area contributed by atoms with Gasteiger partial charge in [0.25, 0.3) is 0 Å². The van der Waals surface area contributed by atoms with Gasteiger partial charge in [0.15, 0.2) is 0 Å². The molecule has 1 aromatic carbocycles. The van der Waals surface area contributed by atoms with Gasteiger partial charge in [-0.05, 0) is 37.6 Å². The first-order valence-corrected chi connectivity index (χ1v) is 6.02. The van der Waals surface area contributed by atoms with Crippen LogP contribution in [0.1, 0.15) is 18.9 Å². The Bertz CT molecular complexity index is 525. The van der Waals surface area contributed by atoms with Crippen molar-refractivity contribution in [3.05, 3.63) is 48.3 Å². The summed E-state index contributed by atoms with van der Waals surface area (Å²) in [5, 5.41) is 16.4. The fourth-order valence-corrected chi connectivity index (χ4v) is 1.79. The van der Waals surface area contributed by atoms with Crippen molar-refractivity contribution in [2.24, 2.45) is 0 Å². The number of rotatable bonds is 5. The second-order valence-corrected chi connectivity index (χ2v) is 4.30. The molecule has 0 saturated carbocycles. The molecular formula is C14H16N4. The monoisotopic (exact) mass is 240 g/mol. The molecule has 0 amide bonds. The van der Waals surface area contributed by atoms with Gasteiger partial charge in [0, 0.05) is 30.7 Å². The number of aryl methyl sites for hydroxylation is 1. The molecule has 4 nitrogen and oxygen atoms in total. The molecule has 1 heterocycles. The fourth-order valence-electron chi connectivity index (χ4n) is 1.79. The molecule has 2 rings (SSSR count). The van der Waals surface area contributed by atoms with Crippen molar-refractivity contribution >= 4 is 5.69 Å². The van der Waals surface area contributed by atoms with Crippen LogP contribution in [0.2, 0.25) is 0 Å². The molecule has 0 aliphatic rings. The van der Waals surface area contributed by atoms with Crippen LogP contribution < -0.4 is 5.32 Å². The lowest BCUT2D eigenvalue weighted by Gasteiger charge is -2.15. The maximum atomic E-state index is 8.84. The number of benzene rings is 1. The maximum absolute atomic E-state index is 8.84. The highest BCUT2D eigenvalue weighted by molar-refractivity contribution is 5.49. The molecule has 0 saturated heterocycles. The summed E-state index contributed by atoms with van der Waals surface area (Å²) in [5.41, 5.74) is 1.67. The summed E-state index contributed by atoms with van der Waals surface area (Å²) >= 11 is 0. The highest BCUT2D eigenvalue weighted by atomic mass is 15.3. The van der Waals surface area contributed by atoms with Crippen LogP contribution in [0, 0.1) is 11.3 Å². The van der Waals surface area contributed by atoms with Gasteiger partial charge in [-0.3, -0.25) is 4.68 Å². The number of nitriles is 1. The minimum atomic E-state index is 0.336. The van der Waals surface area contributed by atoms with Crippen LogP contribution in [-0.4, -0.2) is 15.8 Å². The minimum absolute atomic E-state index is 0.336. The summed E-state index contributed by atoms with van der Waals surface area (Å²) in [6, 6.07) is 11.9. The third-order valence-electron chi connectivity index (χ3n) is 2.76. The Kier molecular flexibility index (Phi) is 3.98. The van der Waals surface area contributed by atoms with Crippen LogP contribution in [0.15, 0.2) is 42.7 Å². The van der Waals surface area contributed by atoms with Crippen molar-refractivity contribution in [1.29, 1.82) is 5.26 Å². The number of aromatic nitrogens is 2. The predicted octanol–water partition coefficient (Wildman–Crippen LogP) is 2.65. The molecule has 4 heteroatoms. The van der Waals surface area contributed by atoms with Crippen molar-refractivity contribution in [3.8, 4) is 6.07 Å². The van der Waals surface area contributed by atoms with E-state index in [9.17, 15) is 0 Å². The highest BCUT2D eigenvalue weighted by Crippen LogP contribution is 2.12. The molecule has 1 N–H and O–H groups in total. The number of hydrogen-bond donors (Lipinski definition) is 1. The molecule has 1 unspecified atom stereocenters. The summed E-state index contributed by atoms with van der Waals surface area (Å²) in [6.07, 6.45) is 4.73. The Morgan fingerprint density at radius 2 is 2.33 bits per heavy atom. The van der Waals surface area contributed by atoms with Gasteiger partial charge in [-0.2, -0.15) is 10.4 Å². The van der Waals surface area contributed by atoms with Gasteiger partial charge in [-0.25, -0.2) is 0 Å². The van der Waals surface area contributed by atoms with E-state index in [0.717, 1.165) is 18.7 Å². The van der Waals surface area contributed by atoms with Crippen LogP contribution >= 0.6 is 0 Å². The van der Waals surface area contributed by atoms with E-state index in [1.54, 1.807) is 12.3 Å². The smallest absolute Gasteiger partial charge is 0.0992 e. The van der Waals surface area contributed by atoms with Crippen molar-refractivity contribution in [2.45, 2.75) is 25.9 Å². The number of nitrogens with one attached hydrogen (secondary N) is 1. The van der Waals surface area contributed by atoms with Crippen molar-refractivity contribution < 1.29 is 0 Å². The van der Waals surface area contributed by atoms with Gasteiger partial charge in [0.2, 0.25) is 0 Å². The fraction of sp³-hybridized carbons (Fsp3) is 0.286. The first-order chi connectivity index (χ1) is 8.78. The number of anilines is 1. The zero-order valence-corrected chi connectivity index (χ0v) is 10.4. The topological polar surface area (TPSA) is 53.6 Å². The maximum Gasteiger partial charge on any atom is 0.0992 e. The normalized spacial score (nSPS) is 11.8. The molecule has 2 aromatic rings. The van der Waals surface area contributed by atoms with E-state index >= 15 is 0 Å². The second-order valence-electron chi connectivity index (χ2n) is 4.30. The molecule has 0 aliphatic heterocycles. The molecule has 92 valence electrons. The van der Waals surface area contributed by atoms with Gasteiger partial charge in [0.05, 0.1) is 11.6 Å². The molecule has 0 aliphatic carbocycles. The van der Waals surface area contributed by atoms with E-state index < -0.39 is 0 Å². The van der Waals surface area contributed by atoms with E-state index in [1.807, 2.05) is 35.1 Å². The number of nitrogens with zero attached hydrogens (tertiary/aromatic N) is 3. The summed E-state index contributed by atoms with van der Waals surface area (Å²) in [7, 11) is 0. The van der Waals surface area contributed by atoms with Crippen LogP contribution in [0.4, 0.5) is 5.69 Å². The third kappa shape index (κ3) is 3.36. The van der Waals surface area contributed by atoms with E-state index in [2.05, 4.69) is 23.4 Å². The Labute approximate surface area is 107 Å².